The van der Waals surface area contributed by atoms with Crippen molar-refractivity contribution in [3.05, 3.63) is 48.6 Å². The summed E-state index contributed by atoms with van der Waals surface area (Å²) in [5.74, 6) is -0.828. The topological polar surface area (TPSA) is 134 Å². The zero-order valence-corrected chi connectivity index (χ0v) is 37.5. The van der Waals surface area contributed by atoms with Crippen molar-refractivity contribution in [1.82, 2.24) is 0 Å². The zero-order valence-electron chi connectivity index (χ0n) is 36.6. The van der Waals surface area contributed by atoms with Crippen LogP contribution in [-0.2, 0) is 32.7 Å². The molecule has 9 nitrogen and oxygen atoms in total. The van der Waals surface area contributed by atoms with Crippen molar-refractivity contribution in [1.29, 1.82) is 0 Å². The van der Waals surface area contributed by atoms with Crippen LogP contribution in [0.4, 0.5) is 0 Å². The van der Waals surface area contributed by atoms with E-state index in [1.807, 2.05) is 0 Å². The molecule has 332 valence electrons. The fourth-order valence-corrected chi connectivity index (χ4v) is 7.10. The van der Waals surface area contributed by atoms with Gasteiger partial charge >= 0.3 is 19.8 Å². The summed E-state index contributed by atoms with van der Waals surface area (Å²) in [6.07, 6.45) is 50.1. The zero-order chi connectivity index (χ0) is 41.8. The molecule has 0 aromatic heterocycles. The average Bonchev–Trinajstić information content (AvgIpc) is 3.20. The lowest BCUT2D eigenvalue weighted by Crippen LogP contribution is -2.29. The second kappa shape index (κ2) is 43.5. The molecule has 0 aromatic carbocycles. The van der Waals surface area contributed by atoms with Crippen LogP contribution < -0.4 is 5.73 Å². The summed E-state index contributed by atoms with van der Waals surface area (Å²) in [5.41, 5.74) is 5.35. The van der Waals surface area contributed by atoms with Crippen LogP contribution in [-0.4, -0.2) is 49.3 Å². The van der Waals surface area contributed by atoms with Gasteiger partial charge in [-0.3, -0.25) is 18.6 Å². The van der Waals surface area contributed by atoms with E-state index in [0.717, 1.165) is 64.2 Å². The summed E-state index contributed by atoms with van der Waals surface area (Å²) in [6.45, 7) is 3.62. The Bertz CT molecular complexity index is 1080. The molecule has 0 bridgehead atoms. The van der Waals surface area contributed by atoms with Crippen LogP contribution in [0.1, 0.15) is 206 Å². The number of phosphoric ester groups is 1. The monoisotopic (exact) mass is 824 g/mol. The first kappa shape index (κ1) is 55.0. The molecule has 0 saturated carbocycles. The van der Waals surface area contributed by atoms with Crippen LogP contribution in [0.5, 0.6) is 0 Å². The van der Waals surface area contributed by atoms with Crippen molar-refractivity contribution < 1.29 is 37.6 Å². The summed E-state index contributed by atoms with van der Waals surface area (Å²) in [4.78, 5) is 34.9. The molecule has 0 amide bonds. The molecule has 2 unspecified atom stereocenters. The smallest absolute Gasteiger partial charge is 0.462 e. The number of esters is 2. The van der Waals surface area contributed by atoms with Gasteiger partial charge in [-0.15, -0.1) is 0 Å². The third kappa shape index (κ3) is 43.4. The molecular weight excluding hydrogens is 737 g/mol. The highest BCUT2D eigenvalue weighted by Gasteiger charge is 2.26. The Hall–Kier alpha value is -2.03. The second-order valence-corrected chi connectivity index (χ2v) is 16.7. The van der Waals surface area contributed by atoms with E-state index in [4.69, 9.17) is 24.3 Å². The first-order valence-corrected chi connectivity index (χ1v) is 24.6. The lowest BCUT2D eigenvalue weighted by molar-refractivity contribution is -0.161. The Morgan fingerprint density at radius 3 is 1.44 bits per heavy atom. The number of allylic oxidation sites excluding steroid dienone is 8. The third-order valence-corrected chi connectivity index (χ3v) is 10.7. The van der Waals surface area contributed by atoms with Crippen LogP contribution in [0.2, 0.25) is 0 Å². The molecular formula is C47H86NO8P. The fourth-order valence-electron chi connectivity index (χ4n) is 6.33. The quantitative estimate of drug-likeness (QED) is 0.0267. The van der Waals surface area contributed by atoms with Crippen LogP contribution in [0, 0.1) is 0 Å². The van der Waals surface area contributed by atoms with E-state index in [0.29, 0.717) is 6.42 Å². The molecule has 0 aromatic rings. The van der Waals surface area contributed by atoms with Crippen molar-refractivity contribution in [2.24, 2.45) is 5.73 Å². The van der Waals surface area contributed by atoms with E-state index < -0.39 is 26.5 Å². The van der Waals surface area contributed by atoms with Crippen LogP contribution in [0.15, 0.2) is 48.6 Å². The fraction of sp³-hybridized carbons (Fsp3) is 0.787. The molecule has 0 radical (unpaired) electrons. The molecule has 57 heavy (non-hydrogen) atoms. The second-order valence-electron chi connectivity index (χ2n) is 15.2. The van der Waals surface area contributed by atoms with Gasteiger partial charge in [0.1, 0.15) is 6.61 Å². The normalized spacial score (nSPS) is 13.7. The molecule has 0 spiro atoms. The van der Waals surface area contributed by atoms with Gasteiger partial charge in [0.05, 0.1) is 13.2 Å². The van der Waals surface area contributed by atoms with Gasteiger partial charge in [-0.1, -0.05) is 191 Å². The summed E-state index contributed by atoms with van der Waals surface area (Å²) in [6, 6.07) is 0. The van der Waals surface area contributed by atoms with Gasteiger partial charge in [0.15, 0.2) is 6.10 Å². The number of hydrogen-bond acceptors (Lipinski definition) is 8. The maximum absolute atomic E-state index is 12.6. The minimum atomic E-state index is -4.37. The number of carbonyl (C=O) groups excluding carboxylic acids is 2. The van der Waals surface area contributed by atoms with E-state index in [1.54, 1.807) is 0 Å². The summed E-state index contributed by atoms with van der Waals surface area (Å²) >= 11 is 0. The van der Waals surface area contributed by atoms with Crippen LogP contribution in [0.3, 0.4) is 0 Å². The van der Waals surface area contributed by atoms with Crippen molar-refractivity contribution in [2.45, 2.75) is 213 Å². The Morgan fingerprint density at radius 2 is 0.965 bits per heavy atom. The first-order valence-electron chi connectivity index (χ1n) is 23.1. The summed E-state index contributed by atoms with van der Waals surface area (Å²) in [5, 5.41) is 0. The molecule has 10 heteroatoms. The Balaban J connectivity index is 4.02. The van der Waals surface area contributed by atoms with Gasteiger partial charge in [-0.2, -0.15) is 0 Å². The standard InChI is InChI=1S/C47H86NO8P/c1-3-5-7-9-11-13-15-16-17-18-19-20-21-22-23-24-25-26-27-28-30-32-34-36-38-40-47(50)56-45(44-55-57(51,52)54-42-41-48)43-53-46(49)39-37-35-33-31-29-14-12-10-8-6-4-2/h5,7,11,13,16-17,19-20,45H,3-4,6,8-10,12,14-15,18,21-44,48H2,1-2H3,(H,51,52)/b7-5-,13-11-,17-16-,20-19-. The highest BCUT2D eigenvalue weighted by Crippen LogP contribution is 2.43. The lowest BCUT2D eigenvalue weighted by atomic mass is 10.0. The Labute approximate surface area is 349 Å². The molecule has 0 aliphatic rings. The van der Waals surface area contributed by atoms with E-state index in [1.165, 1.54) is 109 Å². The molecule has 0 rings (SSSR count). The molecule has 0 aliphatic heterocycles. The maximum atomic E-state index is 12.6. The Morgan fingerprint density at radius 1 is 0.544 bits per heavy atom. The van der Waals surface area contributed by atoms with Gasteiger partial charge in [-0.25, -0.2) is 4.57 Å². The van der Waals surface area contributed by atoms with E-state index >= 15 is 0 Å². The largest absolute Gasteiger partial charge is 0.472 e. The highest BCUT2D eigenvalue weighted by molar-refractivity contribution is 7.47. The average molecular weight is 824 g/mol. The number of nitrogens with two attached hydrogens (primary N) is 1. The van der Waals surface area contributed by atoms with Gasteiger partial charge in [0.25, 0.3) is 0 Å². The molecule has 0 saturated heterocycles. The molecule has 0 aliphatic carbocycles. The van der Waals surface area contributed by atoms with E-state index in [-0.39, 0.29) is 38.6 Å². The molecule has 3 N–H and O–H groups in total. The number of ether oxygens (including phenoxy) is 2. The number of phosphoric acid groups is 1. The van der Waals surface area contributed by atoms with Crippen LogP contribution >= 0.6 is 7.82 Å². The number of hydrogen-bond donors (Lipinski definition) is 2. The number of unbranched alkanes of at least 4 members (excludes halogenated alkanes) is 22. The van der Waals surface area contributed by atoms with Crippen molar-refractivity contribution in [3.8, 4) is 0 Å². The first-order chi connectivity index (χ1) is 27.8. The minimum Gasteiger partial charge on any atom is -0.462 e. The predicted octanol–water partition coefficient (Wildman–Crippen LogP) is 13.5. The Kier molecular flexibility index (Phi) is 42.0. The molecule has 0 heterocycles. The van der Waals surface area contributed by atoms with Crippen molar-refractivity contribution in [3.63, 3.8) is 0 Å². The lowest BCUT2D eigenvalue weighted by Gasteiger charge is -2.19. The SMILES string of the molecule is CC/C=C\C/C=C\C/C=C\C/C=C\CCCCCCCCCCCCCCC(=O)OC(COC(=O)CCCCCCCCCCCCC)COP(=O)(O)OCCN. The number of rotatable bonds is 43. The van der Waals surface area contributed by atoms with Crippen LogP contribution in [0.25, 0.3) is 0 Å². The predicted molar refractivity (Wildman–Crippen MR) is 238 cm³/mol. The van der Waals surface area contributed by atoms with Gasteiger partial charge in [0.2, 0.25) is 0 Å². The number of carbonyl (C=O) groups is 2. The van der Waals surface area contributed by atoms with Crippen molar-refractivity contribution >= 4 is 19.8 Å². The summed E-state index contributed by atoms with van der Waals surface area (Å²) < 4.78 is 32.8. The van der Waals surface area contributed by atoms with E-state index in [9.17, 15) is 19.0 Å². The minimum absolute atomic E-state index is 0.0532. The third-order valence-electron chi connectivity index (χ3n) is 9.73. The van der Waals surface area contributed by atoms with E-state index in [2.05, 4.69) is 62.5 Å². The van der Waals surface area contributed by atoms with Crippen molar-refractivity contribution in [2.75, 3.05) is 26.4 Å². The highest BCUT2D eigenvalue weighted by atomic mass is 31.2. The van der Waals surface area contributed by atoms with Gasteiger partial charge in [0, 0.05) is 19.4 Å². The van der Waals surface area contributed by atoms with Gasteiger partial charge in [-0.05, 0) is 51.4 Å². The summed E-state index contributed by atoms with van der Waals surface area (Å²) in [7, 11) is -4.37. The molecule has 0 fully saturated rings. The van der Waals surface area contributed by atoms with Gasteiger partial charge < -0.3 is 20.1 Å². The maximum Gasteiger partial charge on any atom is 0.472 e. The molecule has 2 atom stereocenters.